The molecule has 1 aliphatic rings. The van der Waals surface area contributed by atoms with Gasteiger partial charge in [0.2, 0.25) is 5.82 Å². The zero-order valence-corrected chi connectivity index (χ0v) is 16.0. The zero-order valence-electron chi connectivity index (χ0n) is 16.0. The Morgan fingerprint density at radius 1 is 1.24 bits per heavy atom. The van der Waals surface area contributed by atoms with E-state index < -0.39 is 5.91 Å². The van der Waals surface area contributed by atoms with Crippen molar-refractivity contribution in [1.29, 1.82) is 0 Å². The number of benzene rings is 1. The third-order valence-corrected chi connectivity index (χ3v) is 4.55. The number of ether oxygens (including phenoxy) is 2. The van der Waals surface area contributed by atoms with Crippen LogP contribution < -0.4 is 15.0 Å². The van der Waals surface area contributed by atoms with Crippen molar-refractivity contribution in [1.82, 2.24) is 20.4 Å². The molecule has 9 nitrogen and oxygen atoms in total. The predicted molar refractivity (Wildman–Crippen MR) is 105 cm³/mol. The van der Waals surface area contributed by atoms with Gasteiger partial charge in [-0.1, -0.05) is 17.3 Å². The van der Waals surface area contributed by atoms with Gasteiger partial charge < -0.3 is 24.2 Å². The highest BCUT2D eigenvalue weighted by molar-refractivity contribution is 5.89. The molecular formula is C20H21N5O4. The Balaban J connectivity index is 1.43. The molecule has 1 amide bonds. The summed E-state index contributed by atoms with van der Waals surface area (Å²) in [6.45, 7) is 3.23. The maximum absolute atomic E-state index is 12.4. The average Bonchev–Trinajstić information content (AvgIpc) is 3.29. The summed E-state index contributed by atoms with van der Waals surface area (Å²) in [6, 6.07) is 11.1. The van der Waals surface area contributed by atoms with Gasteiger partial charge in [-0.25, -0.2) is 4.98 Å². The van der Waals surface area contributed by atoms with E-state index in [9.17, 15) is 4.79 Å². The largest absolute Gasteiger partial charge is 0.497 e. The standard InChI is InChI=1S/C20H21N5O4/c1-27-16-4-2-3-14(11-16)13-22-19(26)20-23-18(24-29-20)15-5-6-21-17(12-15)25-7-9-28-10-8-25/h2-6,11-12H,7-10,13H2,1H3,(H,22,26). The van der Waals surface area contributed by atoms with Crippen LogP contribution in [0.2, 0.25) is 0 Å². The Morgan fingerprint density at radius 2 is 2.10 bits per heavy atom. The fourth-order valence-electron chi connectivity index (χ4n) is 3.00. The van der Waals surface area contributed by atoms with Crippen LogP contribution in [0.4, 0.5) is 5.82 Å². The van der Waals surface area contributed by atoms with Crippen molar-refractivity contribution < 1.29 is 18.8 Å². The van der Waals surface area contributed by atoms with Crippen molar-refractivity contribution in [2.75, 3.05) is 38.3 Å². The van der Waals surface area contributed by atoms with E-state index in [4.69, 9.17) is 14.0 Å². The molecule has 0 bridgehead atoms. The molecule has 1 aliphatic heterocycles. The first-order chi connectivity index (χ1) is 14.2. The summed E-state index contributed by atoms with van der Waals surface area (Å²) in [5.74, 6) is 1.36. The van der Waals surface area contributed by atoms with E-state index in [1.165, 1.54) is 0 Å². The third-order valence-electron chi connectivity index (χ3n) is 4.55. The monoisotopic (exact) mass is 395 g/mol. The molecule has 1 N–H and O–H groups in total. The number of pyridine rings is 1. The second kappa shape index (κ2) is 8.70. The molecular weight excluding hydrogens is 374 g/mol. The van der Waals surface area contributed by atoms with Gasteiger partial charge in [-0.3, -0.25) is 4.79 Å². The SMILES string of the molecule is COc1cccc(CNC(=O)c2nc(-c3ccnc(N4CCOCC4)c3)no2)c1. The van der Waals surface area contributed by atoms with Crippen molar-refractivity contribution >= 4 is 11.7 Å². The van der Waals surface area contributed by atoms with Gasteiger partial charge in [0.1, 0.15) is 11.6 Å². The highest BCUT2D eigenvalue weighted by Gasteiger charge is 2.18. The summed E-state index contributed by atoms with van der Waals surface area (Å²) in [4.78, 5) is 23.1. The van der Waals surface area contributed by atoms with Crippen molar-refractivity contribution in [2.24, 2.45) is 0 Å². The second-order valence-corrected chi connectivity index (χ2v) is 6.46. The minimum Gasteiger partial charge on any atom is -0.497 e. The number of carbonyl (C=O) groups excluding carboxylic acids is 1. The lowest BCUT2D eigenvalue weighted by atomic mass is 10.2. The summed E-state index contributed by atoms with van der Waals surface area (Å²) >= 11 is 0. The molecule has 1 fully saturated rings. The van der Waals surface area contributed by atoms with Crippen molar-refractivity contribution in [2.45, 2.75) is 6.54 Å². The maximum Gasteiger partial charge on any atom is 0.316 e. The minimum absolute atomic E-state index is 0.0902. The summed E-state index contributed by atoms with van der Waals surface area (Å²) in [6.07, 6.45) is 1.69. The molecule has 0 spiro atoms. The molecule has 0 saturated carbocycles. The number of aromatic nitrogens is 3. The Bertz CT molecular complexity index is 984. The maximum atomic E-state index is 12.4. The lowest BCUT2D eigenvalue weighted by molar-refractivity contribution is 0.0907. The number of hydrogen-bond acceptors (Lipinski definition) is 8. The third kappa shape index (κ3) is 4.52. The molecule has 1 aromatic carbocycles. The van der Waals surface area contributed by atoms with Crippen LogP contribution in [-0.2, 0) is 11.3 Å². The summed E-state index contributed by atoms with van der Waals surface area (Å²) in [7, 11) is 1.60. The quantitative estimate of drug-likeness (QED) is 0.675. The number of nitrogens with zero attached hydrogens (tertiary/aromatic N) is 4. The highest BCUT2D eigenvalue weighted by Crippen LogP contribution is 2.21. The van der Waals surface area contributed by atoms with Crippen LogP contribution in [0.1, 0.15) is 16.2 Å². The molecule has 0 unspecified atom stereocenters. The molecule has 150 valence electrons. The van der Waals surface area contributed by atoms with E-state index in [1.54, 1.807) is 19.4 Å². The molecule has 2 aromatic heterocycles. The fraction of sp³-hybridized carbons (Fsp3) is 0.300. The lowest BCUT2D eigenvalue weighted by Crippen LogP contribution is -2.36. The molecule has 29 heavy (non-hydrogen) atoms. The fourth-order valence-corrected chi connectivity index (χ4v) is 3.00. The first-order valence-electron chi connectivity index (χ1n) is 9.27. The Morgan fingerprint density at radius 3 is 2.93 bits per heavy atom. The molecule has 3 aromatic rings. The van der Waals surface area contributed by atoms with Crippen LogP contribution in [0, 0.1) is 0 Å². The van der Waals surface area contributed by atoms with Crippen LogP contribution >= 0.6 is 0 Å². The number of nitrogens with one attached hydrogen (secondary N) is 1. The van der Waals surface area contributed by atoms with Gasteiger partial charge in [0.05, 0.1) is 20.3 Å². The highest BCUT2D eigenvalue weighted by atomic mass is 16.5. The molecule has 4 rings (SSSR count). The zero-order chi connectivity index (χ0) is 20.1. The van der Waals surface area contributed by atoms with E-state index in [0.29, 0.717) is 25.6 Å². The first-order valence-corrected chi connectivity index (χ1v) is 9.27. The van der Waals surface area contributed by atoms with Crippen molar-refractivity contribution in [3.8, 4) is 17.1 Å². The van der Waals surface area contributed by atoms with Gasteiger partial charge >= 0.3 is 11.8 Å². The Hall–Kier alpha value is -3.46. The summed E-state index contributed by atoms with van der Waals surface area (Å²) < 4.78 is 15.7. The molecule has 3 heterocycles. The number of amides is 1. The topological polar surface area (TPSA) is 103 Å². The molecule has 1 saturated heterocycles. The van der Waals surface area contributed by atoms with Crippen LogP contribution in [0.5, 0.6) is 5.75 Å². The smallest absolute Gasteiger partial charge is 0.316 e. The van der Waals surface area contributed by atoms with Crippen molar-refractivity contribution in [3.63, 3.8) is 0 Å². The van der Waals surface area contributed by atoms with Crippen molar-refractivity contribution in [3.05, 3.63) is 54.0 Å². The number of carbonyl (C=O) groups is 1. The number of anilines is 1. The normalized spacial score (nSPS) is 13.9. The Kier molecular flexibility index (Phi) is 5.66. The molecule has 9 heteroatoms. The van der Waals surface area contributed by atoms with E-state index in [2.05, 4.69) is 25.3 Å². The number of methoxy groups -OCH3 is 1. The number of morpholine rings is 1. The minimum atomic E-state index is -0.436. The van der Waals surface area contributed by atoms with Crippen LogP contribution in [0.15, 0.2) is 47.1 Å². The molecule has 0 radical (unpaired) electrons. The van der Waals surface area contributed by atoms with E-state index in [1.807, 2.05) is 30.3 Å². The van der Waals surface area contributed by atoms with Gasteiger partial charge in [0.15, 0.2) is 0 Å². The van der Waals surface area contributed by atoms with Gasteiger partial charge in [0.25, 0.3) is 0 Å². The Labute approximate surface area is 167 Å². The predicted octanol–water partition coefficient (Wildman–Crippen LogP) is 1.91. The van der Waals surface area contributed by atoms with E-state index in [0.717, 1.165) is 35.8 Å². The van der Waals surface area contributed by atoms with Gasteiger partial charge in [-0.2, -0.15) is 4.98 Å². The van der Waals surface area contributed by atoms with Crippen LogP contribution in [0.3, 0.4) is 0 Å². The first kappa shape index (κ1) is 18.9. The lowest BCUT2D eigenvalue weighted by Gasteiger charge is -2.27. The van der Waals surface area contributed by atoms with Crippen LogP contribution in [-0.4, -0.2) is 54.4 Å². The number of rotatable bonds is 6. The van der Waals surface area contributed by atoms with Gasteiger partial charge in [0, 0.05) is 31.4 Å². The van der Waals surface area contributed by atoms with E-state index >= 15 is 0 Å². The summed E-state index contributed by atoms with van der Waals surface area (Å²) in [5, 5.41) is 6.71. The summed E-state index contributed by atoms with van der Waals surface area (Å²) in [5.41, 5.74) is 1.64. The van der Waals surface area contributed by atoms with Gasteiger partial charge in [-0.05, 0) is 29.8 Å². The van der Waals surface area contributed by atoms with Crippen LogP contribution in [0.25, 0.3) is 11.4 Å². The molecule has 0 aliphatic carbocycles. The van der Waals surface area contributed by atoms with E-state index in [-0.39, 0.29) is 5.89 Å². The average molecular weight is 395 g/mol. The van der Waals surface area contributed by atoms with Gasteiger partial charge in [-0.15, -0.1) is 0 Å². The number of hydrogen-bond donors (Lipinski definition) is 1. The molecule has 0 atom stereocenters. The second-order valence-electron chi connectivity index (χ2n) is 6.46.